The van der Waals surface area contributed by atoms with Crippen LogP contribution in [0.5, 0.6) is 0 Å². The molecule has 28 heavy (non-hydrogen) atoms. The summed E-state index contributed by atoms with van der Waals surface area (Å²) in [4.78, 5) is 34.8. The van der Waals surface area contributed by atoms with Crippen molar-refractivity contribution in [1.29, 1.82) is 0 Å². The number of nitrogens with one attached hydrogen (secondary N) is 2. The molecule has 1 unspecified atom stereocenters. The second-order valence-corrected chi connectivity index (χ2v) is 6.70. The predicted molar refractivity (Wildman–Crippen MR) is 101 cm³/mol. The highest BCUT2D eigenvalue weighted by Crippen LogP contribution is 2.32. The SMILES string of the molecule is O=C(NCC(O)(c1ccco1)c1cccs1)C(=O)Nc1ccc([N+](=O)[O-])cc1. The number of nitrogens with zero attached hydrogens (tertiary/aromatic N) is 1. The van der Waals surface area contributed by atoms with E-state index in [-0.39, 0.29) is 23.7 Å². The summed E-state index contributed by atoms with van der Waals surface area (Å²) in [6.45, 7) is -0.284. The fourth-order valence-electron chi connectivity index (χ4n) is 2.47. The number of non-ortho nitro benzene ring substituents is 1. The van der Waals surface area contributed by atoms with Gasteiger partial charge in [0.05, 0.1) is 17.7 Å². The van der Waals surface area contributed by atoms with Crippen LogP contribution in [0.3, 0.4) is 0 Å². The average molecular weight is 401 g/mol. The van der Waals surface area contributed by atoms with Crippen LogP contribution in [0.25, 0.3) is 0 Å². The lowest BCUT2D eigenvalue weighted by atomic mass is 9.98. The van der Waals surface area contributed by atoms with E-state index in [9.17, 15) is 24.8 Å². The zero-order chi connectivity index (χ0) is 20.1. The number of furan rings is 1. The van der Waals surface area contributed by atoms with Crippen LogP contribution in [-0.2, 0) is 15.2 Å². The lowest BCUT2D eigenvalue weighted by Crippen LogP contribution is -2.44. The Kier molecular flexibility index (Phi) is 5.52. The molecule has 0 bridgehead atoms. The lowest BCUT2D eigenvalue weighted by molar-refractivity contribution is -0.384. The van der Waals surface area contributed by atoms with Crippen molar-refractivity contribution in [2.24, 2.45) is 0 Å². The van der Waals surface area contributed by atoms with Crippen LogP contribution in [0.4, 0.5) is 11.4 Å². The highest BCUT2D eigenvalue weighted by atomic mass is 32.1. The summed E-state index contributed by atoms with van der Waals surface area (Å²) in [7, 11) is 0. The van der Waals surface area contributed by atoms with Crippen LogP contribution >= 0.6 is 11.3 Å². The van der Waals surface area contributed by atoms with Crippen molar-refractivity contribution >= 4 is 34.5 Å². The molecule has 0 aliphatic carbocycles. The molecule has 2 aromatic heterocycles. The quantitative estimate of drug-likeness (QED) is 0.329. The molecule has 0 saturated heterocycles. The van der Waals surface area contributed by atoms with Gasteiger partial charge in [0.2, 0.25) is 0 Å². The number of nitro benzene ring substituents is 1. The third-order valence-electron chi connectivity index (χ3n) is 3.90. The van der Waals surface area contributed by atoms with Crippen molar-refractivity contribution in [3.8, 4) is 0 Å². The maximum atomic E-state index is 12.1. The molecule has 10 heteroatoms. The van der Waals surface area contributed by atoms with Gasteiger partial charge in [0.25, 0.3) is 5.69 Å². The molecule has 2 heterocycles. The topological polar surface area (TPSA) is 135 Å². The number of benzene rings is 1. The van der Waals surface area contributed by atoms with Gasteiger partial charge in [-0.2, -0.15) is 0 Å². The highest BCUT2D eigenvalue weighted by molar-refractivity contribution is 7.10. The Morgan fingerprint density at radius 1 is 1.14 bits per heavy atom. The third-order valence-corrected chi connectivity index (χ3v) is 4.93. The molecule has 3 aromatic rings. The largest absolute Gasteiger partial charge is 0.466 e. The van der Waals surface area contributed by atoms with Crippen LogP contribution in [-0.4, -0.2) is 28.4 Å². The Labute approximate surface area is 162 Å². The first-order chi connectivity index (χ1) is 13.4. The first kappa shape index (κ1) is 19.3. The molecule has 2 amide bonds. The van der Waals surface area contributed by atoms with Crippen LogP contribution < -0.4 is 10.6 Å². The number of hydrogen-bond donors (Lipinski definition) is 3. The van der Waals surface area contributed by atoms with Crippen LogP contribution in [0, 0.1) is 10.1 Å². The second-order valence-electron chi connectivity index (χ2n) is 5.76. The molecule has 0 fully saturated rings. The Hall–Kier alpha value is -3.50. The van der Waals surface area contributed by atoms with Crippen molar-refractivity contribution in [2.75, 3.05) is 11.9 Å². The molecule has 1 atom stereocenters. The van der Waals surface area contributed by atoms with E-state index in [1.807, 2.05) is 0 Å². The zero-order valence-corrected chi connectivity index (χ0v) is 15.1. The molecule has 0 aliphatic rings. The molecule has 0 aliphatic heterocycles. The van der Waals surface area contributed by atoms with Gasteiger partial charge >= 0.3 is 11.8 Å². The summed E-state index contributed by atoms with van der Waals surface area (Å²) in [5.41, 5.74) is -1.53. The van der Waals surface area contributed by atoms with E-state index in [2.05, 4.69) is 10.6 Å². The predicted octanol–water partition coefficient (Wildman–Crippen LogP) is 2.24. The van der Waals surface area contributed by atoms with Gasteiger partial charge in [0.15, 0.2) is 5.60 Å². The molecule has 0 saturated carbocycles. The monoisotopic (exact) mass is 401 g/mol. The first-order valence-corrected chi connectivity index (χ1v) is 8.92. The first-order valence-electron chi connectivity index (χ1n) is 8.04. The maximum absolute atomic E-state index is 12.1. The van der Waals surface area contributed by atoms with E-state index >= 15 is 0 Å². The molecule has 1 aromatic carbocycles. The minimum Gasteiger partial charge on any atom is -0.466 e. The number of thiophene rings is 1. The molecule has 144 valence electrons. The fraction of sp³-hybridized carbons (Fsp3) is 0.111. The highest BCUT2D eigenvalue weighted by Gasteiger charge is 2.36. The van der Waals surface area contributed by atoms with Crippen molar-refractivity contribution in [1.82, 2.24) is 5.32 Å². The van der Waals surface area contributed by atoms with E-state index < -0.39 is 22.3 Å². The number of rotatable bonds is 6. The van der Waals surface area contributed by atoms with Crippen molar-refractivity contribution in [3.05, 3.63) is 80.9 Å². The molecule has 3 rings (SSSR count). The van der Waals surface area contributed by atoms with Crippen molar-refractivity contribution in [2.45, 2.75) is 5.60 Å². The van der Waals surface area contributed by atoms with Gasteiger partial charge in [-0.1, -0.05) is 6.07 Å². The normalized spacial score (nSPS) is 12.8. The minimum atomic E-state index is -1.62. The molecule has 9 nitrogen and oxygen atoms in total. The smallest absolute Gasteiger partial charge is 0.313 e. The van der Waals surface area contributed by atoms with Crippen LogP contribution in [0.1, 0.15) is 10.6 Å². The van der Waals surface area contributed by atoms with Crippen LogP contribution in [0.2, 0.25) is 0 Å². The van der Waals surface area contributed by atoms with Gasteiger partial charge in [-0.25, -0.2) is 0 Å². The summed E-state index contributed by atoms with van der Waals surface area (Å²) >= 11 is 1.28. The number of hydrogen-bond acceptors (Lipinski definition) is 7. The molecular formula is C18H15N3O6S. The Morgan fingerprint density at radius 3 is 2.46 bits per heavy atom. The number of nitro groups is 1. The van der Waals surface area contributed by atoms with E-state index in [0.717, 1.165) is 0 Å². The van der Waals surface area contributed by atoms with E-state index in [4.69, 9.17) is 4.42 Å². The van der Waals surface area contributed by atoms with E-state index in [1.165, 1.54) is 41.9 Å². The number of aliphatic hydroxyl groups is 1. The Bertz CT molecular complexity index is 933. The second kappa shape index (κ2) is 8.03. The molecule has 0 spiro atoms. The van der Waals surface area contributed by atoms with E-state index in [1.54, 1.807) is 29.6 Å². The summed E-state index contributed by atoms with van der Waals surface area (Å²) in [5.74, 6) is -1.72. The number of anilines is 1. The molecule has 3 N–H and O–H groups in total. The number of carbonyl (C=O) groups is 2. The van der Waals surface area contributed by atoms with Gasteiger partial charge in [0.1, 0.15) is 5.76 Å². The lowest BCUT2D eigenvalue weighted by Gasteiger charge is -2.25. The van der Waals surface area contributed by atoms with E-state index in [0.29, 0.717) is 4.88 Å². The molecular weight excluding hydrogens is 386 g/mol. The van der Waals surface area contributed by atoms with Crippen molar-refractivity contribution < 1.29 is 24.0 Å². The number of amides is 2. The molecule has 0 radical (unpaired) electrons. The minimum absolute atomic E-state index is 0.137. The summed E-state index contributed by atoms with van der Waals surface area (Å²) < 4.78 is 5.29. The average Bonchev–Trinajstić information content (AvgIpc) is 3.40. The van der Waals surface area contributed by atoms with Crippen LogP contribution in [0.15, 0.2) is 64.6 Å². The summed E-state index contributed by atoms with van der Waals surface area (Å²) in [6, 6.07) is 11.7. The zero-order valence-electron chi connectivity index (χ0n) is 14.3. The summed E-state index contributed by atoms with van der Waals surface area (Å²) in [6.07, 6.45) is 1.40. The Morgan fingerprint density at radius 2 is 1.89 bits per heavy atom. The maximum Gasteiger partial charge on any atom is 0.313 e. The summed E-state index contributed by atoms with van der Waals surface area (Å²) in [5, 5.41) is 28.2. The van der Waals surface area contributed by atoms with Gasteiger partial charge in [-0.15, -0.1) is 11.3 Å². The fourth-order valence-corrected chi connectivity index (χ4v) is 3.29. The van der Waals surface area contributed by atoms with Gasteiger partial charge in [-0.3, -0.25) is 19.7 Å². The van der Waals surface area contributed by atoms with Gasteiger partial charge in [-0.05, 0) is 35.7 Å². The number of carbonyl (C=O) groups excluding carboxylic acids is 2. The van der Waals surface area contributed by atoms with Crippen molar-refractivity contribution in [3.63, 3.8) is 0 Å². The van der Waals surface area contributed by atoms with Gasteiger partial charge in [0, 0.05) is 22.7 Å². The Balaban J connectivity index is 1.66. The van der Waals surface area contributed by atoms with Gasteiger partial charge < -0.3 is 20.2 Å². The standard InChI is InChI=1S/C18H15N3O6S/c22-16(17(23)20-12-5-7-13(8-6-12)21(25)26)19-11-18(24,14-3-1-9-27-14)15-4-2-10-28-15/h1-10,24H,11H2,(H,19,22)(H,20,23). The third kappa shape index (κ3) is 4.08.